The Balaban J connectivity index is 2.13. The Morgan fingerprint density at radius 2 is 2.00 bits per heavy atom. The molecule has 0 aliphatic carbocycles. The minimum atomic E-state index is 0.101. The minimum Gasteiger partial charge on any atom is -0.370 e. The lowest BCUT2D eigenvalue weighted by molar-refractivity contribution is 0.232. The fourth-order valence-corrected chi connectivity index (χ4v) is 3.16. The highest BCUT2D eigenvalue weighted by Gasteiger charge is 2.27. The van der Waals surface area contributed by atoms with E-state index in [4.69, 9.17) is 5.73 Å². The lowest BCUT2D eigenvalue weighted by Crippen LogP contribution is -2.37. The van der Waals surface area contributed by atoms with Gasteiger partial charge in [0.1, 0.15) is 0 Å². The molecule has 2 atom stereocenters. The van der Waals surface area contributed by atoms with Crippen LogP contribution in [-0.2, 0) is 0 Å². The predicted molar refractivity (Wildman–Crippen MR) is 82.6 cm³/mol. The second-order valence-corrected chi connectivity index (χ2v) is 5.46. The van der Waals surface area contributed by atoms with E-state index in [1.165, 1.54) is 17.7 Å². The van der Waals surface area contributed by atoms with Crippen molar-refractivity contribution in [3.63, 3.8) is 0 Å². The van der Waals surface area contributed by atoms with Gasteiger partial charge in [0.25, 0.3) is 0 Å². The summed E-state index contributed by atoms with van der Waals surface area (Å²) in [5.74, 6) is 0. The molecule has 3 heteroatoms. The second-order valence-electron chi connectivity index (χ2n) is 5.46. The highest BCUT2D eigenvalue weighted by atomic mass is 15.3. The average molecular weight is 261 g/mol. The third-order valence-electron chi connectivity index (χ3n) is 4.26. The van der Waals surface area contributed by atoms with Crippen LogP contribution in [0.1, 0.15) is 38.8 Å². The van der Waals surface area contributed by atoms with Crippen molar-refractivity contribution in [2.45, 2.75) is 39.3 Å². The number of hydrogen-bond acceptors (Lipinski definition) is 3. The van der Waals surface area contributed by atoms with Crippen LogP contribution in [0.3, 0.4) is 0 Å². The first-order chi connectivity index (χ1) is 9.17. The van der Waals surface area contributed by atoms with Gasteiger partial charge in [-0.25, -0.2) is 0 Å². The zero-order valence-corrected chi connectivity index (χ0v) is 12.5. The molecular weight excluding hydrogens is 234 g/mol. The topological polar surface area (TPSA) is 32.5 Å². The fourth-order valence-electron chi connectivity index (χ4n) is 3.16. The van der Waals surface area contributed by atoms with E-state index in [-0.39, 0.29) is 6.04 Å². The fraction of sp³-hybridized carbons (Fsp3) is 0.625. The summed E-state index contributed by atoms with van der Waals surface area (Å²) in [6, 6.07) is 9.36. The van der Waals surface area contributed by atoms with Crippen LogP contribution in [0.4, 0.5) is 5.69 Å². The molecule has 2 rings (SSSR count). The Bertz CT molecular complexity index is 399. The van der Waals surface area contributed by atoms with E-state index in [1.54, 1.807) is 0 Å². The van der Waals surface area contributed by atoms with Crippen molar-refractivity contribution in [3.05, 3.63) is 29.8 Å². The second kappa shape index (κ2) is 6.40. The molecule has 0 bridgehead atoms. The third kappa shape index (κ3) is 3.10. The van der Waals surface area contributed by atoms with E-state index in [2.05, 4.69) is 54.8 Å². The summed E-state index contributed by atoms with van der Waals surface area (Å²) < 4.78 is 0. The van der Waals surface area contributed by atoms with Gasteiger partial charge in [0.15, 0.2) is 0 Å². The smallest absolute Gasteiger partial charge is 0.0415 e. The molecule has 1 aromatic rings. The molecule has 1 aromatic carbocycles. The van der Waals surface area contributed by atoms with Gasteiger partial charge < -0.3 is 10.6 Å². The monoisotopic (exact) mass is 261 g/mol. The molecule has 1 aliphatic heterocycles. The Morgan fingerprint density at radius 1 is 1.32 bits per heavy atom. The standard InChI is InChI=1S/C16H27N3/c1-4-18(5-2)14-10-11-19(12-14)16-9-7-6-8-15(16)13(3)17/h6-9,13-14H,4-5,10-12,17H2,1-3H3. The number of benzene rings is 1. The molecule has 3 nitrogen and oxygen atoms in total. The van der Waals surface area contributed by atoms with Crippen molar-refractivity contribution in [2.75, 3.05) is 31.1 Å². The van der Waals surface area contributed by atoms with E-state index in [0.29, 0.717) is 6.04 Å². The van der Waals surface area contributed by atoms with Gasteiger partial charge in [-0.05, 0) is 38.1 Å². The van der Waals surface area contributed by atoms with E-state index < -0.39 is 0 Å². The molecule has 1 aliphatic rings. The number of likely N-dealkylation sites (N-methyl/N-ethyl adjacent to an activating group) is 1. The quantitative estimate of drug-likeness (QED) is 0.884. The molecular formula is C16H27N3. The lowest BCUT2D eigenvalue weighted by atomic mass is 10.1. The van der Waals surface area contributed by atoms with Crippen molar-refractivity contribution in [3.8, 4) is 0 Å². The van der Waals surface area contributed by atoms with Crippen LogP contribution >= 0.6 is 0 Å². The SMILES string of the molecule is CCN(CC)C1CCN(c2ccccc2C(C)N)C1. The van der Waals surface area contributed by atoms with Crippen LogP contribution in [0.5, 0.6) is 0 Å². The molecule has 19 heavy (non-hydrogen) atoms. The molecule has 0 radical (unpaired) electrons. The number of hydrogen-bond donors (Lipinski definition) is 1. The van der Waals surface area contributed by atoms with Crippen molar-refractivity contribution < 1.29 is 0 Å². The zero-order valence-electron chi connectivity index (χ0n) is 12.5. The van der Waals surface area contributed by atoms with Crippen LogP contribution < -0.4 is 10.6 Å². The Kier molecular flexibility index (Phi) is 4.83. The lowest BCUT2D eigenvalue weighted by Gasteiger charge is -2.28. The normalized spacial score (nSPS) is 21.1. The maximum atomic E-state index is 6.09. The molecule has 0 amide bonds. The van der Waals surface area contributed by atoms with Gasteiger partial charge in [0.05, 0.1) is 0 Å². The maximum absolute atomic E-state index is 6.09. The number of para-hydroxylation sites is 1. The molecule has 1 fully saturated rings. The molecule has 1 heterocycles. The van der Waals surface area contributed by atoms with Crippen LogP contribution in [0.2, 0.25) is 0 Å². The van der Waals surface area contributed by atoms with Crippen LogP contribution in [0.25, 0.3) is 0 Å². The minimum absolute atomic E-state index is 0.101. The molecule has 1 saturated heterocycles. The van der Waals surface area contributed by atoms with Gasteiger partial charge in [-0.2, -0.15) is 0 Å². The molecule has 2 unspecified atom stereocenters. The summed E-state index contributed by atoms with van der Waals surface area (Å²) in [5, 5.41) is 0. The summed E-state index contributed by atoms with van der Waals surface area (Å²) in [4.78, 5) is 5.07. The van der Waals surface area contributed by atoms with Crippen molar-refractivity contribution in [2.24, 2.45) is 5.73 Å². The number of anilines is 1. The van der Waals surface area contributed by atoms with Gasteiger partial charge in [-0.1, -0.05) is 32.0 Å². The van der Waals surface area contributed by atoms with Crippen molar-refractivity contribution in [1.82, 2.24) is 4.90 Å². The molecule has 2 N–H and O–H groups in total. The summed E-state index contributed by atoms with van der Waals surface area (Å²) in [5.41, 5.74) is 8.68. The zero-order chi connectivity index (χ0) is 13.8. The first-order valence-electron chi connectivity index (χ1n) is 7.50. The van der Waals surface area contributed by atoms with Crippen LogP contribution in [0, 0.1) is 0 Å². The van der Waals surface area contributed by atoms with Gasteiger partial charge in [0.2, 0.25) is 0 Å². The maximum Gasteiger partial charge on any atom is 0.0415 e. The van der Waals surface area contributed by atoms with E-state index in [1.807, 2.05) is 0 Å². The van der Waals surface area contributed by atoms with Gasteiger partial charge in [-0.3, -0.25) is 4.90 Å². The third-order valence-corrected chi connectivity index (χ3v) is 4.26. The van der Waals surface area contributed by atoms with Gasteiger partial charge >= 0.3 is 0 Å². The first-order valence-corrected chi connectivity index (χ1v) is 7.50. The highest BCUT2D eigenvalue weighted by molar-refractivity contribution is 5.55. The van der Waals surface area contributed by atoms with E-state index in [9.17, 15) is 0 Å². The summed E-state index contributed by atoms with van der Waals surface area (Å²) >= 11 is 0. The summed E-state index contributed by atoms with van der Waals surface area (Å²) in [7, 11) is 0. The average Bonchev–Trinajstić information content (AvgIpc) is 2.89. The van der Waals surface area contributed by atoms with Crippen molar-refractivity contribution in [1.29, 1.82) is 0 Å². The number of rotatable bonds is 5. The van der Waals surface area contributed by atoms with Crippen LogP contribution in [-0.4, -0.2) is 37.1 Å². The Hall–Kier alpha value is -1.06. The van der Waals surface area contributed by atoms with Gasteiger partial charge in [-0.15, -0.1) is 0 Å². The number of nitrogens with zero attached hydrogens (tertiary/aromatic N) is 2. The summed E-state index contributed by atoms with van der Waals surface area (Å²) in [6.45, 7) is 11.1. The Morgan fingerprint density at radius 3 is 2.63 bits per heavy atom. The summed E-state index contributed by atoms with van der Waals surface area (Å²) in [6.07, 6.45) is 1.26. The van der Waals surface area contributed by atoms with Crippen LogP contribution in [0.15, 0.2) is 24.3 Å². The van der Waals surface area contributed by atoms with Crippen molar-refractivity contribution >= 4 is 5.69 Å². The molecule has 106 valence electrons. The predicted octanol–water partition coefficient (Wildman–Crippen LogP) is 2.63. The molecule has 0 saturated carbocycles. The number of nitrogens with two attached hydrogens (primary N) is 1. The first kappa shape index (κ1) is 14.4. The van der Waals surface area contributed by atoms with E-state index >= 15 is 0 Å². The van der Waals surface area contributed by atoms with Gasteiger partial charge in [0, 0.05) is 30.9 Å². The molecule has 0 aromatic heterocycles. The largest absolute Gasteiger partial charge is 0.370 e. The Labute approximate surface area is 117 Å². The highest BCUT2D eigenvalue weighted by Crippen LogP contribution is 2.29. The van der Waals surface area contributed by atoms with E-state index in [0.717, 1.165) is 26.2 Å². The molecule has 0 spiro atoms.